The van der Waals surface area contributed by atoms with Crippen molar-refractivity contribution in [1.82, 2.24) is 4.31 Å². The van der Waals surface area contributed by atoms with Crippen LogP contribution in [0.5, 0.6) is 0 Å². The standard InChI is InChI=1S/C17H27NO3S/c1-11(2)8-12(3)15(19)18-14-9-13-6-7-17(14,16(13,4)5)10-22(18,20)21/h8,11,13-14H,6-7,9-10H2,1-5H3/b12-8+/t13-,14-,17-/m1/s1. The monoisotopic (exact) mass is 325 g/mol. The van der Waals surface area contributed by atoms with Gasteiger partial charge in [-0.05, 0) is 43.4 Å². The van der Waals surface area contributed by atoms with E-state index in [0.717, 1.165) is 19.3 Å². The van der Waals surface area contributed by atoms with E-state index in [1.807, 2.05) is 19.9 Å². The second kappa shape index (κ2) is 4.59. The van der Waals surface area contributed by atoms with Gasteiger partial charge in [-0.1, -0.05) is 33.8 Å². The summed E-state index contributed by atoms with van der Waals surface area (Å²) >= 11 is 0. The zero-order valence-electron chi connectivity index (χ0n) is 14.2. The first-order valence-electron chi connectivity index (χ1n) is 8.28. The molecule has 3 atom stereocenters. The predicted molar refractivity (Wildman–Crippen MR) is 86.6 cm³/mol. The summed E-state index contributed by atoms with van der Waals surface area (Å²) in [5.41, 5.74) is 0.330. The molecule has 0 aromatic rings. The van der Waals surface area contributed by atoms with Gasteiger partial charge < -0.3 is 0 Å². The van der Waals surface area contributed by atoms with E-state index in [1.165, 1.54) is 4.31 Å². The number of fused-ring (bicyclic) bond motifs is 1. The molecule has 22 heavy (non-hydrogen) atoms. The van der Waals surface area contributed by atoms with E-state index >= 15 is 0 Å². The third-order valence-corrected chi connectivity index (χ3v) is 8.43. The maximum absolute atomic E-state index is 12.8. The van der Waals surface area contributed by atoms with Gasteiger partial charge in [-0.3, -0.25) is 4.79 Å². The predicted octanol–water partition coefficient (Wildman–Crippen LogP) is 2.96. The number of hydrogen-bond acceptors (Lipinski definition) is 3. The molecular weight excluding hydrogens is 298 g/mol. The van der Waals surface area contributed by atoms with Crippen LogP contribution in [0.2, 0.25) is 0 Å². The number of carbonyl (C=O) groups is 1. The van der Waals surface area contributed by atoms with Gasteiger partial charge in [0.1, 0.15) is 0 Å². The average Bonchev–Trinajstić information content (AvgIpc) is 2.83. The molecule has 3 aliphatic rings. The van der Waals surface area contributed by atoms with E-state index in [1.54, 1.807) is 6.92 Å². The molecule has 5 heteroatoms. The van der Waals surface area contributed by atoms with Gasteiger partial charge in [-0.2, -0.15) is 0 Å². The van der Waals surface area contributed by atoms with Gasteiger partial charge in [0.2, 0.25) is 10.0 Å². The Hall–Kier alpha value is -0.840. The zero-order valence-corrected chi connectivity index (χ0v) is 15.0. The maximum atomic E-state index is 12.8. The molecule has 3 fully saturated rings. The molecule has 0 unspecified atom stereocenters. The molecule has 2 bridgehead atoms. The molecule has 1 saturated heterocycles. The third kappa shape index (κ3) is 1.87. The van der Waals surface area contributed by atoms with Crippen molar-refractivity contribution in [2.45, 2.75) is 59.9 Å². The number of allylic oxidation sites excluding steroid dienone is 1. The molecular formula is C17H27NO3S. The van der Waals surface area contributed by atoms with Crippen molar-refractivity contribution < 1.29 is 13.2 Å². The molecule has 1 aliphatic heterocycles. The fourth-order valence-electron chi connectivity index (χ4n) is 5.30. The SMILES string of the molecule is C/C(=C\C(C)C)C(=O)N1[C@@H]2C[C@H]3CC[C@]2(CS1(=O)=O)C3(C)C. The molecule has 0 N–H and O–H groups in total. The number of hydrogen-bond donors (Lipinski definition) is 0. The van der Waals surface area contributed by atoms with E-state index < -0.39 is 10.0 Å². The number of amides is 1. The lowest BCUT2D eigenvalue weighted by molar-refractivity contribution is -0.125. The summed E-state index contributed by atoms with van der Waals surface area (Å²) in [6.07, 6.45) is 4.74. The molecule has 1 amide bonds. The Kier molecular flexibility index (Phi) is 3.34. The van der Waals surface area contributed by atoms with Gasteiger partial charge in [0.15, 0.2) is 0 Å². The molecule has 1 spiro atoms. The molecule has 0 aromatic heterocycles. The van der Waals surface area contributed by atoms with Gasteiger partial charge in [0.25, 0.3) is 5.91 Å². The van der Waals surface area contributed by atoms with Gasteiger partial charge in [0.05, 0.1) is 11.8 Å². The Labute approximate surface area is 134 Å². The molecule has 4 nitrogen and oxygen atoms in total. The summed E-state index contributed by atoms with van der Waals surface area (Å²) in [6.45, 7) is 10.1. The Morgan fingerprint density at radius 1 is 1.32 bits per heavy atom. The fraction of sp³-hybridized carbons (Fsp3) is 0.824. The molecule has 2 aliphatic carbocycles. The van der Waals surface area contributed by atoms with Crippen molar-refractivity contribution in [3.05, 3.63) is 11.6 Å². The minimum absolute atomic E-state index is 0.00936. The first-order chi connectivity index (χ1) is 10.0. The minimum atomic E-state index is -3.50. The molecule has 2 saturated carbocycles. The Morgan fingerprint density at radius 2 is 1.95 bits per heavy atom. The van der Waals surface area contributed by atoms with Crippen LogP contribution in [0.25, 0.3) is 0 Å². The van der Waals surface area contributed by atoms with Crippen LogP contribution in [-0.4, -0.2) is 30.4 Å². The maximum Gasteiger partial charge on any atom is 0.262 e. The van der Waals surface area contributed by atoms with Crippen LogP contribution >= 0.6 is 0 Å². The van der Waals surface area contributed by atoms with Gasteiger partial charge in [-0.25, -0.2) is 12.7 Å². The minimum Gasteiger partial charge on any atom is -0.268 e. The van der Waals surface area contributed by atoms with Crippen LogP contribution in [0.4, 0.5) is 0 Å². The smallest absolute Gasteiger partial charge is 0.262 e. The van der Waals surface area contributed by atoms with Crippen LogP contribution < -0.4 is 0 Å². The number of carbonyl (C=O) groups excluding carboxylic acids is 1. The van der Waals surface area contributed by atoms with Crippen molar-refractivity contribution in [3.8, 4) is 0 Å². The van der Waals surface area contributed by atoms with Crippen LogP contribution in [-0.2, 0) is 14.8 Å². The van der Waals surface area contributed by atoms with E-state index in [4.69, 9.17) is 0 Å². The van der Waals surface area contributed by atoms with Crippen LogP contribution in [0.15, 0.2) is 11.6 Å². The van der Waals surface area contributed by atoms with Crippen molar-refractivity contribution in [3.63, 3.8) is 0 Å². The summed E-state index contributed by atoms with van der Waals surface area (Å²) in [4.78, 5) is 12.8. The van der Waals surface area contributed by atoms with E-state index in [9.17, 15) is 13.2 Å². The highest BCUT2D eigenvalue weighted by Gasteiger charge is 2.72. The topological polar surface area (TPSA) is 54.5 Å². The highest BCUT2D eigenvalue weighted by Crippen LogP contribution is 2.70. The largest absolute Gasteiger partial charge is 0.268 e. The summed E-state index contributed by atoms with van der Waals surface area (Å²) in [5, 5.41) is 0. The van der Waals surface area contributed by atoms with Crippen LogP contribution in [0.3, 0.4) is 0 Å². The first kappa shape index (κ1) is 16.0. The Morgan fingerprint density at radius 3 is 2.50 bits per heavy atom. The third-order valence-electron chi connectivity index (χ3n) is 6.53. The fourth-order valence-corrected chi connectivity index (χ4v) is 7.87. The second-order valence-electron chi connectivity index (χ2n) is 8.32. The lowest BCUT2D eigenvalue weighted by Gasteiger charge is -2.37. The molecule has 3 rings (SSSR count). The quantitative estimate of drug-likeness (QED) is 0.734. The number of sulfonamides is 1. The highest BCUT2D eigenvalue weighted by molar-refractivity contribution is 7.90. The molecule has 0 radical (unpaired) electrons. The van der Waals surface area contributed by atoms with Crippen LogP contribution in [0.1, 0.15) is 53.9 Å². The first-order valence-corrected chi connectivity index (χ1v) is 9.89. The summed E-state index contributed by atoms with van der Waals surface area (Å²) in [6, 6.07) is -0.130. The van der Waals surface area contributed by atoms with Crippen molar-refractivity contribution in [1.29, 1.82) is 0 Å². The Balaban J connectivity index is 2.02. The lowest BCUT2D eigenvalue weighted by Crippen LogP contribution is -2.44. The number of nitrogens with zero attached hydrogens (tertiary/aromatic N) is 1. The Bertz CT molecular complexity index is 647. The average molecular weight is 325 g/mol. The van der Waals surface area contributed by atoms with Crippen molar-refractivity contribution >= 4 is 15.9 Å². The van der Waals surface area contributed by atoms with Gasteiger partial charge >= 0.3 is 0 Å². The second-order valence-corrected chi connectivity index (χ2v) is 10.2. The van der Waals surface area contributed by atoms with Gasteiger partial charge in [-0.15, -0.1) is 0 Å². The normalized spacial score (nSPS) is 38.6. The van der Waals surface area contributed by atoms with E-state index in [0.29, 0.717) is 11.5 Å². The molecule has 1 heterocycles. The van der Waals surface area contributed by atoms with E-state index in [-0.39, 0.29) is 34.4 Å². The highest BCUT2D eigenvalue weighted by atomic mass is 32.2. The molecule has 0 aromatic carbocycles. The summed E-state index contributed by atoms with van der Waals surface area (Å²) in [7, 11) is -3.50. The summed E-state index contributed by atoms with van der Waals surface area (Å²) < 4.78 is 26.8. The molecule has 124 valence electrons. The number of rotatable bonds is 2. The summed E-state index contributed by atoms with van der Waals surface area (Å²) in [5.74, 6) is 0.616. The van der Waals surface area contributed by atoms with Gasteiger partial charge in [0, 0.05) is 11.0 Å². The van der Waals surface area contributed by atoms with E-state index in [2.05, 4.69) is 13.8 Å². The zero-order chi connectivity index (χ0) is 16.5. The van der Waals surface area contributed by atoms with Crippen molar-refractivity contribution in [2.24, 2.45) is 22.7 Å². The van der Waals surface area contributed by atoms with Crippen LogP contribution in [0, 0.1) is 22.7 Å². The lowest BCUT2D eigenvalue weighted by atomic mass is 9.69. The van der Waals surface area contributed by atoms with Crippen molar-refractivity contribution in [2.75, 3.05) is 5.75 Å².